The van der Waals surface area contributed by atoms with Gasteiger partial charge in [-0.1, -0.05) is 22.0 Å². The summed E-state index contributed by atoms with van der Waals surface area (Å²) in [4.78, 5) is 1.05. The zero-order chi connectivity index (χ0) is 14.5. The van der Waals surface area contributed by atoms with Crippen molar-refractivity contribution in [1.29, 1.82) is 0 Å². The van der Waals surface area contributed by atoms with Gasteiger partial charge in [0, 0.05) is 21.2 Å². The molecule has 2 nitrogen and oxygen atoms in total. The molecule has 0 aliphatic heterocycles. The van der Waals surface area contributed by atoms with Crippen LogP contribution in [0.25, 0.3) is 0 Å². The smallest absolute Gasteiger partial charge is 0.126 e. The van der Waals surface area contributed by atoms with Gasteiger partial charge in [0.25, 0.3) is 0 Å². The Morgan fingerprint density at radius 3 is 2.45 bits per heavy atom. The van der Waals surface area contributed by atoms with Crippen LogP contribution in [0.2, 0.25) is 0 Å². The van der Waals surface area contributed by atoms with Gasteiger partial charge >= 0.3 is 0 Å². The van der Waals surface area contributed by atoms with E-state index in [1.165, 1.54) is 12.1 Å². The lowest BCUT2D eigenvalue weighted by Crippen LogP contribution is -2.29. The summed E-state index contributed by atoms with van der Waals surface area (Å²) in [7, 11) is 0. The third kappa shape index (κ3) is 4.28. The van der Waals surface area contributed by atoms with E-state index >= 15 is 0 Å². The Kier molecular flexibility index (Phi) is 5.54. The van der Waals surface area contributed by atoms with Gasteiger partial charge < -0.3 is 0 Å². The molecule has 0 spiro atoms. The zero-order valence-corrected chi connectivity index (χ0v) is 12.8. The Morgan fingerprint density at radius 2 is 1.85 bits per heavy atom. The second-order valence-electron chi connectivity index (χ2n) is 4.19. The predicted molar refractivity (Wildman–Crippen MR) is 81.3 cm³/mol. The molecule has 2 rings (SSSR count). The summed E-state index contributed by atoms with van der Waals surface area (Å²) in [5.74, 6) is 4.84. The first-order valence-corrected chi connectivity index (χ1v) is 7.67. The highest BCUT2D eigenvalue weighted by Crippen LogP contribution is 2.27. The number of hydrogen-bond acceptors (Lipinski definition) is 3. The minimum absolute atomic E-state index is 0.329. The number of benzene rings is 2. The lowest BCUT2D eigenvalue weighted by Gasteiger charge is -2.16. The molecule has 1 atom stereocenters. The van der Waals surface area contributed by atoms with Gasteiger partial charge in [-0.2, -0.15) is 0 Å². The van der Waals surface area contributed by atoms with Crippen LogP contribution in [-0.4, -0.2) is 5.75 Å². The lowest BCUT2D eigenvalue weighted by atomic mass is 10.1. The van der Waals surface area contributed by atoms with E-state index in [1.807, 2.05) is 24.3 Å². The number of nitrogens with two attached hydrogens (primary N) is 1. The summed E-state index contributed by atoms with van der Waals surface area (Å²) in [5, 5.41) is 0. The number of hydrogen-bond donors (Lipinski definition) is 2. The van der Waals surface area contributed by atoms with Crippen molar-refractivity contribution in [3.8, 4) is 0 Å². The molecule has 0 fully saturated rings. The van der Waals surface area contributed by atoms with Gasteiger partial charge in [0.15, 0.2) is 0 Å². The van der Waals surface area contributed by atoms with Crippen LogP contribution in [0.4, 0.5) is 8.78 Å². The molecule has 0 saturated heterocycles. The molecule has 2 aromatic rings. The summed E-state index contributed by atoms with van der Waals surface area (Å²) in [6.07, 6.45) is 0. The molecule has 3 N–H and O–H groups in total. The van der Waals surface area contributed by atoms with Crippen molar-refractivity contribution in [2.75, 3.05) is 5.75 Å². The summed E-state index contributed by atoms with van der Waals surface area (Å²) in [6, 6.07) is 10.9. The fourth-order valence-electron chi connectivity index (χ4n) is 1.75. The number of thioether (sulfide) groups is 1. The van der Waals surface area contributed by atoms with Crippen LogP contribution >= 0.6 is 27.7 Å². The maximum Gasteiger partial charge on any atom is 0.126 e. The quantitative estimate of drug-likeness (QED) is 0.481. The van der Waals surface area contributed by atoms with Crippen molar-refractivity contribution in [3.63, 3.8) is 0 Å². The van der Waals surface area contributed by atoms with E-state index < -0.39 is 11.6 Å². The third-order valence-electron chi connectivity index (χ3n) is 2.70. The fourth-order valence-corrected chi connectivity index (χ4v) is 3.34. The van der Waals surface area contributed by atoms with Crippen molar-refractivity contribution in [2.24, 2.45) is 5.84 Å². The average molecular weight is 359 g/mol. The molecule has 0 bridgehead atoms. The van der Waals surface area contributed by atoms with E-state index in [9.17, 15) is 8.78 Å². The first-order valence-electron chi connectivity index (χ1n) is 5.89. The van der Waals surface area contributed by atoms with Crippen LogP contribution in [0.5, 0.6) is 0 Å². The maximum atomic E-state index is 13.2. The van der Waals surface area contributed by atoms with Gasteiger partial charge in [-0.3, -0.25) is 11.3 Å². The SMILES string of the molecule is NNC(CSc1cccc(Br)c1)c1cc(F)cc(F)c1. The van der Waals surface area contributed by atoms with Gasteiger partial charge in [-0.15, -0.1) is 11.8 Å². The molecule has 0 aliphatic rings. The average Bonchev–Trinajstić information content (AvgIpc) is 2.38. The van der Waals surface area contributed by atoms with Crippen molar-refractivity contribution >= 4 is 27.7 Å². The standard InChI is InChI=1S/C14H13BrF2N2S/c15-10-2-1-3-13(6-10)20-8-14(19-18)9-4-11(16)7-12(17)5-9/h1-7,14,19H,8,18H2. The molecule has 2 aromatic carbocycles. The van der Waals surface area contributed by atoms with Crippen molar-refractivity contribution in [2.45, 2.75) is 10.9 Å². The summed E-state index contributed by atoms with van der Waals surface area (Å²) >= 11 is 4.95. The number of rotatable bonds is 5. The Hall–Kier alpha value is -0.950. The Balaban J connectivity index is 2.09. The maximum absolute atomic E-state index is 13.2. The highest BCUT2D eigenvalue weighted by atomic mass is 79.9. The van der Waals surface area contributed by atoms with E-state index in [4.69, 9.17) is 5.84 Å². The van der Waals surface area contributed by atoms with Crippen LogP contribution in [0.3, 0.4) is 0 Å². The first kappa shape index (κ1) is 15.4. The van der Waals surface area contributed by atoms with Crippen LogP contribution in [0.15, 0.2) is 51.8 Å². The topological polar surface area (TPSA) is 38.0 Å². The largest absolute Gasteiger partial charge is 0.271 e. The highest BCUT2D eigenvalue weighted by molar-refractivity contribution is 9.10. The molecule has 1 unspecified atom stereocenters. The Labute approximate surface area is 128 Å². The molecule has 0 aliphatic carbocycles. The normalized spacial score (nSPS) is 12.4. The molecular formula is C14H13BrF2N2S. The number of halogens is 3. The van der Waals surface area contributed by atoms with E-state index in [0.717, 1.165) is 15.4 Å². The molecule has 0 saturated carbocycles. The number of nitrogens with one attached hydrogen (secondary N) is 1. The van der Waals surface area contributed by atoms with Crippen LogP contribution in [0, 0.1) is 11.6 Å². The van der Waals surface area contributed by atoms with E-state index in [0.29, 0.717) is 11.3 Å². The summed E-state index contributed by atoms with van der Waals surface area (Å²) in [6.45, 7) is 0. The lowest BCUT2D eigenvalue weighted by molar-refractivity contribution is 0.559. The molecular weight excluding hydrogens is 346 g/mol. The molecule has 0 amide bonds. The van der Waals surface area contributed by atoms with Gasteiger partial charge in [-0.25, -0.2) is 8.78 Å². The molecule has 106 valence electrons. The molecule has 6 heteroatoms. The second kappa shape index (κ2) is 7.17. The third-order valence-corrected chi connectivity index (χ3v) is 4.28. The second-order valence-corrected chi connectivity index (χ2v) is 6.20. The van der Waals surface area contributed by atoms with Crippen molar-refractivity contribution < 1.29 is 8.78 Å². The van der Waals surface area contributed by atoms with Crippen LogP contribution < -0.4 is 11.3 Å². The molecule has 0 heterocycles. The van der Waals surface area contributed by atoms with E-state index in [1.54, 1.807) is 11.8 Å². The van der Waals surface area contributed by atoms with Gasteiger partial charge in [0.1, 0.15) is 11.6 Å². The van der Waals surface area contributed by atoms with Crippen LogP contribution in [0.1, 0.15) is 11.6 Å². The highest BCUT2D eigenvalue weighted by Gasteiger charge is 2.13. The van der Waals surface area contributed by atoms with Gasteiger partial charge in [-0.05, 0) is 35.9 Å². The monoisotopic (exact) mass is 358 g/mol. The fraction of sp³-hybridized carbons (Fsp3) is 0.143. The van der Waals surface area contributed by atoms with Crippen molar-refractivity contribution in [1.82, 2.24) is 5.43 Å². The van der Waals surface area contributed by atoms with E-state index in [2.05, 4.69) is 21.4 Å². The molecule has 0 radical (unpaired) electrons. The molecule has 20 heavy (non-hydrogen) atoms. The summed E-state index contributed by atoms with van der Waals surface area (Å²) in [5.41, 5.74) is 3.08. The van der Waals surface area contributed by atoms with Crippen LogP contribution in [-0.2, 0) is 0 Å². The summed E-state index contributed by atoms with van der Waals surface area (Å²) < 4.78 is 27.4. The minimum atomic E-state index is -0.604. The first-order chi connectivity index (χ1) is 9.58. The minimum Gasteiger partial charge on any atom is -0.271 e. The van der Waals surface area contributed by atoms with Gasteiger partial charge in [0.05, 0.1) is 6.04 Å². The molecule has 0 aromatic heterocycles. The van der Waals surface area contributed by atoms with E-state index in [-0.39, 0.29) is 6.04 Å². The predicted octanol–water partition coefficient (Wildman–Crippen LogP) is 4.02. The van der Waals surface area contributed by atoms with Gasteiger partial charge in [0.2, 0.25) is 0 Å². The Morgan fingerprint density at radius 1 is 1.15 bits per heavy atom. The number of hydrazine groups is 1. The zero-order valence-electron chi connectivity index (χ0n) is 10.4. The Bertz CT molecular complexity index is 575. The van der Waals surface area contributed by atoms with Crippen molar-refractivity contribution in [3.05, 3.63) is 64.1 Å².